The third-order valence-electron chi connectivity index (χ3n) is 1.78. The predicted molar refractivity (Wildman–Crippen MR) is 67.9 cm³/mol. The van der Waals surface area contributed by atoms with Gasteiger partial charge in [-0.3, -0.25) is 0 Å². The molecule has 0 aliphatic heterocycles. The van der Waals surface area contributed by atoms with Crippen LogP contribution in [0.4, 0.5) is 9.59 Å². The minimum absolute atomic E-state index is 0.256. The number of nitrogens with zero attached hydrogens (tertiary/aromatic N) is 2. The van der Waals surface area contributed by atoms with Gasteiger partial charge < -0.3 is 13.9 Å². The quantitative estimate of drug-likeness (QED) is 0.780. The Kier molecular flexibility index (Phi) is 6.00. The number of ether oxygens (including phenoxy) is 2. The SMILES string of the molecule is CCOC(=O)/N=C/c1ccc(/C=N/C(=O)OCC)o1. The Bertz CT molecular complexity index is 448. The third kappa shape index (κ3) is 5.62. The summed E-state index contributed by atoms with van der Waals surface area (Å²) in [6, 6.07) is 3.16. The second-order valence-corrected chi connectivity index (χ2v) is 3.15. The third-order valence-corrected chi connectivity index (χ3v) is 1.78. The Balaban J connectivity index is 2.57. The molecule has 0 atom stereocenters. The van der Waals surface area contributed by atoms with Crippen molar-refractivity contribution in [2.75, 3.05) is 13.2 Å². The fraction of sp³-hybridized carbons (Fsp3) is 0.333. The van der Waals surface area contributed by atoms with Gasteiger partial charge in [-0.2, -0.15) is 9.98 Å². The molecule has 0 unspecified atom stereocenters. The van der Waals surface area contributed by atoms with E-state index in [1.807, 2.05) is 0 Å². The lowest BCUT2D eigenvalue weighted by molar-refractivity contribution is 0.163. The molecule has 0 spiro atoms. The Hall–Kier alpha value is -2.44. The molecular weight excluding hydrogens is 252 g/mol. The molecule has 0 fully saturated rings. The van der Waals surface area contributed by atoms with Crippen molar-refractivity contribution in [2.24, 2.45) is 9.98 Å². The Morgan fingerprint density at radius 3 is 1.84 bits per heavy atom. The van der Waals surface area contributed by atoms with Crippen molar-refractivity contribution in [1.82, 2.24) is 0 Å². The Morgan fingerprint density at radius 2 is 1.47 bits per heavy atom. The minimum Gasteiger partial charge on any atom is -0.454 e. The molecule has 0 bridgehead atoms. The van der Waals surface area contributed by atoms with Crippen LogP contribution in [-0.4, -0.2) is 37.8 Å². The van der Waals surface area contributed by atoms with E-state index in [9.17, 15) is 9.59 Å². The average molecular weight is 266 g/mol. The van der Waals surface area contributed by atoms with Gasteiger partial charge in [-0.15, -0.1) is 0 Å². The largest absolute Gasteiger partial charge is 0.454 e. The number of carbonyl (C=O) groups is 2. The van der Waals surface area contributed by atoms with Crippen LogP contribution in [-0.2, 0) is 9.47 Å². The van der Waals surface area contributed by atoms with Crippen molar-refractivity contribution in [2.45, 2.75) is 13.8 Å². The lowest BCUT2D eigenvalue weighted by Crippen LogP contribution is -1.98. The number of carbonyl (C=O) groups excluding carboxylic acids is 2. The van der Waals surface area contributed by atoms with E-state index in [0.717, 1.165) is 0 Å². The van der Waals surface area contributed by atoms with Crippen LogP contribution in [0.5, 0.6) is 0 Å². The monoisotopic (exact) mass is 266 g/mol. The molecule has 1 rings (SSSR count). The zero-order chi connectivity index (χ0) is 14.1. The van der Waals surface area contributed by atoms with Crippen LogP contribution in [0.3, 0.4) is 0 Å². The van der Waals surface area contributed by atoms with Gasteiger partial charge in [0.15, 0.2) is 0 Å². The van der Waals surface area contributed by atoms with Gasteiger partial charge in [-0.1, -0.05) is 0 Å². The molecular formula is C12H14N2O5. The van der Waals surface area contributed by atoms with Crippen LogP contribution in [0.1, 0.15) is 25.4 Å². The highest BCUT2D eigenvalue weighted by molar-refractivity contribution is 5.90. The highest BCUT2D eigenvalue weighted by Crippen LogP contribution is 2.03. The average Bonchev–Trinajstić information content (AvgIpc) is 2.83. The van der Waals surface area contributed by atoms with E-state index in [1.165, 1.54) is 12.4 Å². The molecule has 0 N–H and O–H groups in total. The normalized spacial score (nSPS) is 11.1. The number of aliphatic imine (C=N–C) groups is 2. The van der Waals surface area contributed by atoms with Gasteiger partial charge in [0.2, 0.25) is 0 Å². The highest BCUT2D eigenvalue weighted by atomic mass is 16.5. The smallest absolute Gasteiger partial charge is 0.433 e. The second-order valence-electron chi connectivity index (χ2n) is 3.15. The van der Waals surface area contributed by atoms with E-state index >= 15 is 0 Å². The number of hydrogen-bond donors (Lipinski definition) is 0. The van der Waals surface area contributed by atoms with E-state index in [4.69, 9.17) is 4.42 Å². The van der Waals surface area contributed by atoms with E-state index in [-0.39, 0.29) is 13.2 Å². The van der Waals surface area contributed by atoms with E-state index in [1.54, 1.807) is 26.0 Å². The fourth-order valence-corrected chi connectivity index (χ4v) is 1.06. The Morgan fingerprint density at radius 1 is 1.05 bits per heavy atom. The van der Waals surface area contributed by atoms with E-state index < -0.39 is 12.2 Å². The van der Waals surface area contributed by atoms with Crippen LogP contribution >= 0.6 is 0 Å². The lowest BCUT2D eigenvalue weighted by Gasteiger charge is -1.93. The number of rotatable bonds is 4. The zero-order valence-electron chi connectivity index (χ0n) is 10.7. The number of furan rings is 1. The first-order valence-electron chi connectivity index (χ1n) is 5.67. The molecule has 7 heteroatoms. The molecule has 0 aliphatic rings. The molecule has 102 valence electrons. The summed E-state index contributed by atoms with van der Waals surface area (Å²) in [7, 11) is 0. The Labute approximate surface area is 109 Å². The number of amides is 2. The summed E-state index contributed by atoms with van der Waals surface area (Å²) in [6.45, 7) is 3.88. The van der Waals surface area contributed by atoms with Crippen molar-refractivity contribution in [3.05, 3.63) is 23.7 Å². The van der Waals surface area contributed by atoms with Crippen molar-refractivity contribution in [1.29, 1.82) is 0 Å². The van der Waals surface area contributed by atoms with Crippen LogP contribution in [0.25, 0.3) is 0 Å². The van der Waals surface area contributed by atoms with Gasteiger partial charge in [-0.25, -0.2) is 9.59 Å². The summed E-state index contributed by atoms with van der Waals surface area (Å²) < 4.78 is 14.4. The molecule has 19 heavy (non-hydrogen) atoms. The first-order chi connectivity index (χ1) is 9.15. The molecule has 1 aromatic heterocycles. The van der Waals surface area contributed by atoms with Gasteiger partial charge in [0.1, 0.15) is 11.5 Å². The molecule has 1 aromatic rings. The van der Waals surface area contributed by atoms with Crippen molar-refractivity contribution >= 4 is 24.6 Å². The van der Waals surface area contributed by atoms with Crippen LogP contribution in [0.2, 0.25) is 0 Å². The molecule has 7 nitrogen and oxygen atoms in total. The summed E-state index contributed by atoms with van der Waals surface area (Å²) in [5, 5.41) is 0. The highest BCUT2D eigenvalue weighted by Gasteiger charge is 2.01. The molecule has 0 saturated carbocycles. The molecule has 0 aromatic carbocycles. The topological polar surface area (TPSA) is 90.5 Å². The molecule has 2 amide bonds. The molecule has 0 aliphatic carbocycles. The van der Waals surface area contributed by atoms with Gasteiger partial charge in [0, 0.05) is 0 Å². The zero-order valence-corrected chi connectivity index (χ0v) is 10.7. The molecule has 0 radical (unpaired) electrons. The standard InChI is InChI=1S/C12H14N2O5/c1-3-17-11(15)13-7-9-5-6-10(19-9)8-14-12(16)18-4-2/h5-8H,3-4H2,1-2H3/b13-7+,14-8+. The second kappa shape index (κ2) is 7.80. The first kappa shape index (κ1) is 14.6. The van der Waals surface area contributed by atoms with Crippen molar-refractivity contribution in [3.8, 4) is 0 Å². The first-order valence-corrected chi connectivity index (χ1v) is 5.67. The lowest BCUT2D eigenvalue weighted by atomic mass is 10.4. The summed E-state index contributed by atoms with van der Waals surface area (Å²) in [5.74, 6) is 0.691. The fourth-order valence-electron chi connectivity index (χ4n) is 1.06. The van der Waals surface area contributed by atoms with Crippen LogP contribution in [0, 0.1) is 0 Å². The van der Waals surface area contributed by atoms with Crippen molar-refractivity contribution < 1.29 is 23.5 Å². The summed E-state index contributed by atoms with van der Waals surface area (Å²) in [5.41, 5.74) is 0. The number of hydrogen-bond acceptors (Lipinski definition) is 5. The summed E-state index contributed by atoms with van der Waals surface area (Å²) >= 11 is 0. The minimum atomic E-state index is -0.694. The van der Waals surface area contributed by atoms with Crippen molar-refractivity contribution in [3.63, 3.8) is 0 Å². The van der Waals surface area contributed by atoms with E-state index in [2.05, 4.69) is 19.5 Å². The van der Waals surface area contributed by atoms with Crippen LogP contribution < -0.4 is 0 Å². The molecule has 1 heterocycles. The summed E-state index contributed by atoms with van der Waals surface area (Å²) in [6.07, 6.45) is 1.06. The van der Waals surface area contributed by atoms with Gasteiger partial charge in [0.25, 0.3) is 0 Å². The predicted octanol–water partition coefficient (Wildman–Crippen LogP) is 2.43. The van der Waals surface area contributed by atoms with Gasteiger partial charge in [-0.05, 0) is 26.0 Å². The molecule has 0 saturated heterocycles. The van der Waals surface area contributed by atoms with Gasteiger partial charge >= 0.3 is 12.2 Å². The maximum atomic E-state index is 11.0. The maximum Gasteiger partial charge on any atom is 0.433 e. The van der Waals surface area contributed by atoms with Crippen LogP contribution in [0.15, 0.2) is 26.5 Å². The summed E-state index contributed by atoms with van der Waals surface area (Å²) in [4.78, 5) is 28.9. The van der Waals surface area contributed by atoms with Gasteiger partial charge in [0.05, 0.1) is 25.6 Å². The van der Waals surface area contributed by atoms with E-state index in [0.29, 0.717) is 11.5 Å². The maximum absolute atomic E-state index is 11.0.